The predicted octanol–water partition coefficient (Wildman–Crippen LogP) is 1.11. The van der Waals surface area contributed by atoms with Crippen molar-refractivity contribution in [1.82, 2.24) is 4.90 Å². The normalized spacial score (nSPS) is 16.7. The highest BCUT2D eigenvalue weighted by molar-refractivity contribution is 5.50. The highest BCUT2D eigenvalue weighted by Crippen LogP contribution is 2.19. The van der Waals surface area contributed by atoms with Gasteiger partial charge in [-0.1, -0.05) is 0 Å². The van der Waals surface area contributed by atoms with Gasteiger partial charge in [0, 0.05) is 30.9 Å². The topological polar surface area (TPSA) is 62.3 Å². The number of hydrogen-bond acceptors (Lipinski definition) is 4. The lowest BCUT2D eigenvalue weighted by atomic mass is 10.1. The molecule has 17 heavy (non-hydrogen) atoms. The van der Waals surface area contributed by atoms with Crippen molar-refractivity contribution in [2.24, 2.45) is 0 Å². The Labute approximate surface area is 99.4 Å². The summed E-state index contributed by atoms with van der Waals surface area (Å²) in [5.41, 5.74) is 6.53. The van der Waals surface area contributed by atoms with Crippen LogP contribution in [0.2, 0.25) is 0 Å². The highest BCUT2D eigenvalue weighted by atomic mass is 19.1. The van der Waals surface area contributed by atoms with E-state index in [4.69, 9.17) is 15.7 Å². The number of anilines is 1. The van der Waals surface area contributed by atoms with Crippen molar-refractivity contribution in [3.63, 3.8) is 0 Å². The lowest BCUT2D eigenvalue weighted by Crippen LogP contribution is -2.36. The molecular weight excluding hydrogens is 221 g/mol. The summed E-state index contributed by atoms with van der Waals surface area (Å²) in [6, 6.07) is 4.76. The fourth-order valence-electron chi connectivity index (χ4n) is 1.90. The molecule has 1 heterocycles. The van der Waals surface area contributed by atoms with E-state index in [0.717, 1.165) is 13.1 Å². The van der Waals surface area contributed by atoms with Crippen molar-refractivity contribution in [2.45, 2.75) is 6.54 Å². The molecule has 0 saturated carbocycles. The van der Waals surface area contributed by atoms with Gasteiger partial charge in [-0.2, -0.15) is 5.26 Å². The van der Waals surface area contributed by atoms with E-state index in [0.29, 0.717) is 30.9 Å². The zero-order valence-corrected chi connectivity index (χ0v) is 9.45. The molecule has 0 unspecified atom stereocenters. The molecule has 0 atom stereocenters. The molecule has 1 aromatic rings. The molecule has 0 aromatic heterocycles. The predicted molar refractivity (Wildman–Crippen MR) is 61.6 cm³/mol. The van der Waals surface area contributed by atoms with Gasteiger partial charge in [0.1, 0.15) is 5.82 Å². The zero-order valence-electron chi connectivity index (χ0n) is 9.45. The van der Waals surface area contributed by atoms with Crippen LogP contribution >= 0.6 is 0 Å². The second-order valence-electron chi connectivity index (χ2n) is 4.03. The lowest BCUT2D eigenvalue weighted by Gasteiger charge is -2.27. The average molecular weight is 235 g/mol. The summed E-state index contributed by atoms with van der Waals surface area (Å²) in [5, 5.41) is 8.98. The quantitative estimate of drug-likeness (QED) is 0.780. The zero-order chi connectivity index (χ0) is 12.3. The number of hydrogen-bond donors (Lipinski definition) is 1. The van der Waals surface area contributed by atoms with E-state index in [1.54, 1.807) is 0 Å². The van der Waals surface area contributed by atoms with E-state index < -0.39 is 5.82 Å². The molecule has 2 rings (SSSR count). The average Bonchev–Trinajstić information content (AvgIpc) is 2.33. The maximum absolute atomic E-state index is 13.8. The van der Waals surface area contributed by atoms with Gasteiger partial charge in [-0.05, 0) is 12.1 Å². The molecular formula is C12H14FN3O. The summed E-state index contributed by atoms with van der Waals surface area (Å²) < 4.78 is 19.0. The van der Waals surface area contributed by atoms with E-state index in [-0.39, 0.29) is 5.69 Å². The molecule has 0 spiro atoms. The molecule has 1 fully saturated rings. The molecule has 1 aliphatic heterocycles. The van der Waals surface area contributed by atoms with Crippen LogP contribution in [0.1, 0.15) is 11.1 Å². The fourth-order valence-corrected chi connectivity index (χ4v) is 1.90. The first-order chi connectivity index (χ1) is 8.20. The molecule has 1 aromatic carbocycles. The van der Waals surface area contributed by atoms with Crippen LogP contribution in [0.3, 0.4) is 0 Å². The van der Waals surface area contributed by atoms with Crippen LogP contribution in [0.15, 0.2) is 12.1 Å². The first-order valence-corrected chi connectivity index (χ1v) is 5.49. The van der Waals surface area contributed by atoms with Crippen molar-refractivity contribution >= 4 is 5.69 Å². The van der Waals surface area contributed by atoms with Crippen molar-refractivity contribution in [1.29, 1.82) is 5.26 Å². The molecule has 0 amide bonds. The van der Waals surface area contributed by atoms with Crippen molar-refractivity contribution < 1.29 is 9.13 Å². The summed E-state index contributed by atoms with van der Waals surface area (Å²) in [6.45, 7) is 3.25. The smallest absolute Gasteiger partial charge is 0.131 e. The van der Waals surface area contributed by atoms with Crippen molar-refractivity contribution in [3.8, 4) is 6.07 Å². The van der Waals surface area contributed by atoms with Crippen LogP contribution < -0.4 is 5.73 Å². The number of nitriles is 1. The monoisotopic (exact) mass is 235 g/mol. The van der Waals surface area contributed by atoms with Gasteiger partial charge in [0.2, 0.25) is 0 Å². The van der Waals surface area contributed by atoms with Crippen LogP contribution in [-0.4, -0.2) is 31.2 Å². The van der Waals surface area contributed by atoms with Crippen LogP contribution in [0.25, 0.3) is 0 Å². The number of rotatable bonds is 2. The van der Waals surface area contributed by atoms with Crippen LogP contribution in [0.5, 0.6) is 0 Å². The molecule has 0 radical (unpaired) electrons. The fraction of sp³-hybridized carbons (Fsp3) is 0.417. The van der Waals surface area contributed by atoms with Gasteiger partial charge in [-0.3, -0.25) is 4.90 Å². The number of morpholine rings is 1. The number of halogens is 1. The lowest BCUT2D eigenvalue weighted by molar-refractivity contribution is 0.0337. The maximum atomic E-state index is 13.8. The maximum Gasteiger partial charge on any atom is 0.131 e. The largest absolute Gasteiger partial charge is 0.399 e. The number of benzene rings is 1. The van der Waals surface area contributed by atoms with Crippen LogP contribution in [0, 0.1) is 17.1 Å². The van der Waals surface area contributed by atoms with Crippen molar-refractivity contribution in [2.75, 3.05) is 32.0 Å². The van der Waals surface area contributed by atoms with E-state index in [2.05, 4.69) is 4.90 Å². The second-order valence-corrected chi connectivity index (χ2v) is 4.03. The summed E-state index contributed by atoms with van der Waals surface area (Å²) in [4.78, 5) is 2.07. The minimum absolute atomic E-state index is 0.282. The van der Waals surface area contributed by atoms with E-state index >= 15 is 0 Å². The minimum atomic E-state index is -0.409. The molecule has 1 aliphatic rings. The molecule has 0 bridgehead atoms. The van der Waals surface area contributed by atoms with Gasteiger partial charge < -0.3 is 10.5 Å². The standard InChI is InChI=1S/C12H14FN3O/c13-12-6-10(15)5-9(7-14)11(12)8-16-1-3-17-4-2-16/h5-6H,1-4,8,15H2. The molecule has 0 aliphatic carbocycles. The molecule has 5 heteroatoms. The summed E-state index contributed by atoms with van der Waals surface area (Å²) in [5.74, 6) is -0.409. The first kappa shape index (κ1) is 11.8. The number of ether oxygens (including phenoxy) is 1. The van der Waals surface area contributed by atoms with E-state index in [9.17, 15) is 4.39 Å². The summed E-state index contributed by atoms with van der Waals surface area (Å²) in [6.07, 6.45) is 0. The van der Waals surface area contributed by atoms with Crippen LogP contribution in [0.4, 0.5) is 10.1 Å². The first-order valence-electron chi connectivity index (χ1n) is 5.49. The van der Waals surface area contributed by atoms with Crippen LogP contribution in [-0.2, 0) is 11.3 Å². The SMILES string of the molecule is N#Cc1cc(N)cc(F)c1CN1CCOCC1. The van der Waals surface area contributed by atoms with Gasteiger partial charge in [-0.15, -0.1) is 0 Å². The Morgan fingerprint density at radius 2 is 2.12 bits per heavy atom. The third-order valence-electron chi connectivity index (χ3n) is 2.82. The van der Waals surface area contributed by atoms with Gasteiger partial charge in [-0.25, -0.2) is 4.39 Å². The van der Waals surface area contributed by atoms with Crippen molar-refractivity contribution in [3.05, 3.63) is 29.1 Å². The minimum Gasteiger partial charge on any atom is -0.399 e. The molecule has 4 nitrogen and oxygen atoms in total. The van der Waals surface area contributed by atoms with E-state index in [1.165, 1.54) is 12.1 Å². The van der Waals surface area contributed by atoms with Gasteiger partial charge in [0.05, 0.1) is 24.8 Å². The third kappa shape index (κ3) is 2.73. The summed E-state index contributed by atoms with van der Waals surface area (Å²) >= 11 is 0. The highest BCUT2D eigenvalue weighted by Gasteiger charge is 2.16. The number of nitrogen functional groups attached to an aromatic ring is 1. The second kappa shape index (κ2) is 5.13. The Morgan fingerprint density at radius 3 is 2.76 bits per heavy atom. The van der Waals surface area contributed by atoms with Gasteiger partial charge >= 0.3 is 0 Å². The van der Waals surface area contributed by atoms with E-state index in [1.807, 2.05) is 6.07 Å². The van der Waals surface area contributed by atoms with Gasteiger partial charge in [0.15, 0.2) is 0 Å². The van der Waals surface area contributed by atoms with Gasteiger partial charge in [0.25, 0.3) is 0 Å². The third-order valence-corrected chi connectivity index (χ3v) is 2.82. The Bertz CT molecular complexity index is 450. The summed E-state index contributed by atoms with van der Waals surface area (Å²) in [7, 11) is 0. The molecule has 1 saturated heterocycles. The number of nitrogens with two attached hydrogens (primary N) is 1. The molecule has 90 valence electrons. The Morgan fingerprint density at radius 1 is 1.41 bits per heavy atom. The number of nitrogens with zero attached hydrogens (tertiary/aromatic N) is 2. The Hall–Kier alpha value is -1.64. The Balaban J connectivity index is 2.22. The Kier molecular flexibility index (Phi) is 3.57. The molecule has 2 N–H and O–H groups in total.